The van der Waals surface area contributed by atoms with E-state index in [0.29, 0.717) is 0 Å². The highest BCUT2D eigenvalue weighted by Gasteiger charge is 2.34. The van der Waals surface area contributed by atoms with Crippen molar-refractivity contribution in [1.29, 1.82) is 0 Å². The second-order valence-electron chi connectivity index (χ2n) is 3.27. The van der Waals surface area contributed by atoms with Crippen LogP contribution >= 0.6 is 0 Å². The lowest BCUT2D eigenvalue weighted by atomic mass is 10.1. The van der Waals surface area contributed by atoms with Gasteiger partial charge in [0.1, 0.15) is 0 Å². The minimum absolute atomic E-state index is 0.0891. The molecule has 6 heteroatoms. The third kappa shape index (κ3) is 4.44. The molecule has 3 N–H and O–H groups in total. The van der Waals surface area contributed by atoms with Gasteiger partial charge in [-0.1, -0.05) is 0 Å². The van der Waals surface area contributed by atoms with Crippen LogP contribution < -0.4 is 0 Å². The normalized spacial score (nSPS) is 13.8. The standard InChI is InChI=1S/C7H13NO5/c1-8(2,13)5(7(11)12)3-4-6(9)10/h5,13H,3-4H2,1-2H3,(H-,9,10,11,12)/p+1/t5-/m0/s1. The van der Waals surface area contributed by atoms with E-state index in [4.69, 9.17) is 10.2 Å². The molecule has 0 fully saturated rings. The van der Waals surface area contributed by atoms with Gasteiger partial charge in [-0.05, 0) is 0 Å². The molecule has 0 aromatic carbocycles. The predicted octanol–water partition coefficient (Wildman–Crippen LogP) is -0.230. The molecule has 0 rings (SSSR count). The number of hydroxylamine groups is 3. The predicted molar refractivity (Wildman–Crippen MR) is 42.2 cm³/mol. The quantitative estimate of drug-likeness (QED) is 0.413. The lowest BCUT2D eigenvalue weighted by molar-refractivity contribution is -1.08. The van der Waals surface area contributed by atoms with Gasteiger partial charge in [-0.25, -0.2) is 10.0 Å². The zero-order valence-corrected chi connectivity index (χ0v) is 7.60. The molecule has 13 heavy (non-hydrogen) atoms. The van der Waals surface area contributed by atoms with Crippen LogP contribution in [-0.2, 0) is 9.59 Å². The van der Waals surface area contributed by atoms with E-state index in [1.807, 2.05) is 0 Å². The Bertz CT molecular complexity index is 207. The minimum Gasteiger partial charge on any atom is -0.481 e. The molecule has 0 radical (unpaired) electrons. The number of carboxylic acid groups (broad SMARTS) is 2. The van der Waals surface area contributed by atoms with Gasteiger partial charge in [0.25, 0.3) is 0 Å². The zero-order valence-electron chi connectivity index (χ0n) is 7.60. The van der Waals surface area contributed by atoms with Gasteiger partial charge in [-0.2, -0.15) is 4.65 Å². The van der Waals surface area contributed by atoms with E-state index in [-0.39, 0.29) is 12.8 Å². The maximum atomic E-state index is 10.6. The molecule has 0 bridgehead atoms. The number of carbonyl (C=O) groups is 2. The summed E-state index contributed by atoms with van der Waals surface area (Å²) in [7, 11) is 2.58. The number of hydrogen-bond donors (Lipinski definition) is 3. The van der Waals surface area contributed by atoms with Crippen molar-refractivity contribution in [3.63, 3.8) is 0 Å². The Hall–Kier alpha value is -1.14. The Labute approximate surface area is 75.6 Å². The third-order valence-electron chi connectivity index (χ3n) is 1.68. The van der Waals surface area contributed by atoms with Crippen LogP contribution in [0, 0.1) is 0 Å². The van der Waals surface area contributed by atoms with Gasteiger partial charge in [0, 0.05) is 6.42 Å². The fourth-order valence-electron chi connectivity index (χ4n) is 0.970. The molecular formula is C7H14NO5+. The van der Waals surface area contributed by atoms with Gasteiger partial charge >= 0.3 is 11.9 Å². The third-order valence-corrected chi connectivity index (χ3v) is 1.68. The molecule has 1 atom stereocenters. The van der Waals surface area contributed by atoms with Gasteiger partial charge in [0.2, 0.25) is 6.04 Å². The topological polar surface area (TPSA) is 94.8 Å². The molecule has 0 aliphatic heterocycles. The average molecular weight is 192 g/mol. The Morgan fingerprint density at radius 1 is 1.31 bits per heavy atom. The molecule has 0 amide bonds. The van der Waals surface area contributed by atoms with Gasteiger partial charge in [-0.3, -0.25) is 4.79 Å². The summed E-state index contributed by atoms with van der Waals surface area (Å²) in [4.78, 5) is 20.8. The molecule has 6 nitrogen and oxygen atoms in total. The Kier molecular flexibility index (Phi) is 3.83. The van der Waals surface area contributed by atoms with E-state index in [1.165, 1.54) is 14.1 Å². The largest absolute Gasteiger partial charge is 0.481 e. The fourth-order valence-corrected chi connectivity index (χ4v) is 0.970. The van der Waals surface area contributed by atoms with Crippen molar-refractivity contribution in [3.8, 4) is 0 Å². The van der Waals surface area contributed by atoms with Gasteiger partial charge in [0.15, 0.2) is 0 Å². The van der Waals surface area contributed by atoms with Crippen LogP contribution in [0.1, 0.15) is 12.8 Å². The minimum atomic E-state index is -1.20. The van der Waals surface area contributed by atoms with E-state index in [2.05, 4.69) is 0 Å². The van der Waals surface area contributed by atoms with Crippen LogP contribution in [0.5, 0.6) is 0 Å². The summed E-state index contributed by atoms with van der Waals surface area (Å²) in [5.74, 6) is -2.27. The first-order valence-corrected chi connectivity index (χ1v) is 3.76. The number of likely N-dealkylation sites (N-methyl/N-ethyl adjacent to an activating group) is 1. The second kappa shape index (κ2) is 4.20. The zero-order chi connectivity index (χ0) is 10.6. The molecule has 0 aliphatic carbocycles. The summed E-state index contributed by atoms with van der Waals surface area (Å²) in [6.07, 6.45) is -0.354. The summed E-state index contributed by atoms with van der Waals surface area (Å²) >= 11 is 0. The number of nitrogens with zero attached hydrogens (tertiary/aromatic N) is 1. The summed E-state index contributed by atoms with van der Waals surface area (Å²) in [6, 6.07) is -1.10. The van der Waals surface area contributed by atoms with Gasteiger partial charge in [-0.15, -0.1) is 0 Å². The number of quaternary nitrogens is 1. The first-order chi connectivity index (χ1) is 5.75. The van der Waals surface area contributed by atoms with Crippen molar-refractivity contribution in [1.82, 2.24) is 0 Å². The molecule has 0 saturated carbocycles. The van der Waals surface area contributed by atoms with Crippen LogP contribution in [0.2, 0.25) is 0 Å². The van der Waals surface area contributed by atoms with E-state index in [1.54, 1.807) is 0 Å². The molecule has 0 unspecified atom stereocenters. The number of carboxylic acids is 2. The molecule has 0 heterocycles. The van der Waals surface area contributed by atoms with E-state index in [9.17, 15) is 14.8 Å². The molecule has 0 aromatic heterocycles. The van der Waals surface area contributed by atoms with Crippen LogP contribution in [0.3, 0.4) is 0 Å². The van der Waals surface area contributed by atoms with Gasteiger partial charge in [0.05, 0.1) is 20.5 Å². The van der Waals surface area contributed by atoms with E-state index in [0.717, 1.165) is 0 Å². The van der Waals surface area contributed by atoms with Crippen molar-refractivity contribution in [2.45, 2.75) is 18.9 Å². The van der Waals surface area contributed by atoms with E-state index >= 15 is 0 Å². The number of aliphatic carboxylic acids is 2. The lowest BCUT2D eigenvalue weighted by Crippen LogP contribution is -2.50. The van der Waals surface area contributed by atoms with Crippen molar-refractivity contribution < 1.29 is 29.7 Å². The molecule has 0 saturated heterocycles. The highest BCUT2D eigenvalue weighted by Crippen LogP contribution is 2.09. The molecular weight excluding hydrogens is 178 g/mol. The first-order valence-electron chi connectivity index (χ1n) is 3.76. The highest BCUT2D eigenvalue weighted by molar-refractivity contribution is 5.73. The van der Waals surface area contributed by atoms with Crippen molar-refractivity contribution in [3.05, 3.63) is 0 Å². The number of hydrogen-bond acceptors (Lipinski definition) is 3. The Morgan fingerprint density at radius 3 is 2.00 bits per heavy atom. The molecule has 0 aliphatic rings. The first kappa shape index (κ1) is 11.9. The Balaban J connectivity index is 4.28. The van der Waals surface area contributed by atoms with Crippen molar-refractivity contribution in [2.75, 3.05) is 14.1 Å². The fraction of sp³-hybridized carbons (Fsp3) is 0.714. The van der Waals surface area contributed by atoms with Crippen LogP contribution in [0.4, 0.5) is 0 Å². The van der Waals surface area contributed by atoms with Gasteiger partial charge < -0.3 is 10.2 Å². The van der Waals surface area contributed by atoms with Crippen molar-refractivity contribution in [2.24, 2.45) is 0 Å². The van der Waals surface area contributed by atoms with Crippen LogP contribution in [0.15, 0.2) is 0 Å². The highest BCUT2D eigenvalue weighted by atomic mass is 16.5. The molecule has 76 valence electrons. The van der Waals surface area contributed by atoms with Crippen molar-refractivity contribution >= 4 is 11.9 Å². The molecule has 0 aromatic rings. The summed E-state index contributed by atoms with van der Waals surface area (Å²) < 4.78 is -0.761. The second-order valence-corrected chi connectivity index (χ2v) is 3.27. The smallest absolute Gasteiger partial charge is 0.365 e. The summed E-state index contributed by atoms with van der Waals surface area (Å²) in [5, 5.41) is 26.3. The lowest BCUT2D eigenvalue weighted by Gasteiger charge is -2.26. The monoisotopic (exact) mass is 192 g/mol. The SMILES string of the molecule is C[N+](C)(O)[C@@H](CCC(=O)O)C(=O)O. The van der Waals surface area contributed by atoms with E-state index < -0.39 is 22.6 Å². The van der Waals surface area contributed by atoms with Crippen LogP contribution in [0.25, 0.3) is 0 Å². The maximum Gasteiger partial charge on any atom is 0.365 e. The molecule has 0 spiro atoms. The number of rotatable bonds is 5. The van der Waals surface area contributed by atoms with Crippen LogP contribution in [-0.4, -0.2) is 52.1 Å². The maximum absolute atomic E-state index is 10.6. The average Bonchev–Trinajstić information content (AvgIpc) is 1.81. The summed E-state index contributed by atoms with van der Waals surface area (Å²) in [6.45, 7) is 0. The Morgan fingerprint density at radius 2 is 1.77 bits per heavy atom. The summed E-state index contributed by atoms with van der Waals surface area (Å²) in [5.41, 5.74) is 0.